The Bertz CT molecular complexity index is 477. The zero-order valence-electron chi connectivity index (χ0n) is 10.2. The predicted octanol–water partition coefficient (Wildman–Crippen LogP) is 3.58. The zero-order valence-corrected chi connectivity index (χ0v) is 11.1. The van der Waals surface area contributed by atoms with Crippen LogP contribution >= 0.6 is 11.3 Å². The summed E-state index contributed by atoms with van der Waals surface area (Å²) in [5.41, 5.74) is 13.4. The number of hydrogen-bond acceptors (Lipinski definition) is 3. The summed E-state index contributed by atoms with van der Waals surface area (Å²) in [4.78, 5) is 4.21. The summed E-state index contributed by atoms with van der Waals surface area (Å²) >= 11 is 1.50. The lowest BCUT2D eigenvalue weighted by molar-refractivity contribution is 0.722. The SMILES string of the molecule is CCC(C)c1ccc(-c2cs[c]n2)cc1CN. The topological polar surface area (TPSA) is 38.9 Å². The third-order valence-corrected chi connectivity index (χ3v) is 3.73. The number of nitrogens with two attached hydrogens (primary N) is 1. The molecule has 2 N–H and O–H groups in total. The Labute approximate surface area is 107 Å². The number of benzene rings is 1. The fourth-order valence-electron chi connectivity index (χ4n) is 1.96. The van der Waals surface area contributed by atoms with E-state index in [1.165, 1.54) is 22.5 Å². The van der Waals surface area contributed by atoms with Crippen molar-refractivity contribution < 1.29 is 0 Å². The molecule has 1 aromatic heterocycles. The van der Waals surface area contributed by atoms with Crippen molar-refractivity contribution in [1.82, 2.24) is 4.98 Å². The molecule has 0 aliphatic heterocycles. The van der Waals surface area contributed by atoms with Crippen LogP contribution in [0, 0.1) is 5.51 Å². The van der Waals surface area contributed by atoms with Crippen LogP contribution in [0.4, 0.5) is 0 Å². The molecule has 17 heavy (non-hydrogen) atoms. The predicted molar refractivity (Wildman–Crippen MR) is 73.0 cm³/mol. The highest BCUT2D eigenvalue weighted by Gasteiger charge is 2.10. The molecular weight excluding hydrogens is 228 g/mol. The molecule has 2 nitrogen and oxygen atoms in total. The highest BCUT2D eigenvalue weighted by Crippen LogP contribution is 2.27. The Hall–Kier alpha value is -1.19. The quantitative estimate of drug-likeness (QED) is 0.894. The Morgan fingerprint density at radius 1 is 1.47 bits per heavy atom. The van der Waals surface area contributed by atoms with Gasteiger partial charge in [0.15, 0.2) is 5.51 Å². The average Bonchev–Trinajstić information content (AvgIpc) is 2.91. The molecule has 0 spiro atoms. The molecule has 1 unspecified atom stereocenters. The lowest BCUT2D eigenvalue weighted by Crippen LogP contribution is -2.04. The van der Waals surface area contributed by atoms with Crippen LogP contribution in [0.15, 0.2) is 23.6 Å². The van der Waals surface area contributed by atoms with Gasteiger partial charge < -0.3 is 5.73 Å². The van der Waals surface area contributed by atoms with Crippen LogP contribution in [0.5, 0.6) is 0 Å². The molecule has 89 valence electrons. The molecule has 1 radical (unpaired) electrons. The molecule has 2 rings (SSSR count). The van der Waals surface area contributed by atoms with Gasteiger partial charge in [-0.2, -0.15) is 0 Å². The number of aromatic nitrogens is 1. The van der Waals surface area contributed by atoms with Gasteiger partial charge in [0, 0.05) is 17.5 Å². The van der Waals surface area contributed by atoms with E-state index >= 15 is 0 Å². The minimum absolute atomic E-state index is 0.560. The average molecular weight is 245 g/mol. The summed E-state index contributed by atoms with van der Waals surface area (Å²) in [6.07, 6.45) is 1.14. The lowest BCUT2D eigenvalue weighted by atomic mass is 9.92. The number of nitrogens with zero attached hydrogens (tertiary/aromatic N) is 1. The third-order valence-electron chi connectivity index (χ3n) is 3.19. The summed E-state index contributed by atoms with van der Waals surface area (Å²) in [5, 5.41) is 2.01. The minimum atomic E-state index is 0.560. The standard InChI is InChI=1S/C14H17N2S/c1-3-10(2)13-5-4-11(6-12(13)7-15)14-8-17-9-16-14/h4-6,8,10H,3,7,15H2,1-2H3. The van der Waals surface area contributed by atoms with Gasteiger partial charge in [0.05, 0.1) is 5.69 Å². The molecule has 0 fully saturated rings. The van der Waals surface area contributed by atoms with Gasteiger partial charge in [-0.25, -0.2) is 4.98 Å². The van der Waals surface area contributed by atoms with Gasteiger partial charge in [-0.3, -0.25) is 0 Å². The van der Waals surface area contributed by atoms with Crippen molar-refractivity contribution in [1.29, 1.82) is 0 Å². The Balaban J connectivity index is 2.41. The minimum Gasteiger partial charge on any atom is -0.326 e. The Kier molecular flexibility index (Phi) is 3.92. The fourth-order valence-corrected chi connectivity index (χ4v) is 2.46. The van der Waals surface area contributed by atoms with E-state index in [1.54, 1.807) is 0 Å². The number of rotatable bonds is 4. The van der Waals surface area contributed by atoms with Crippen molar-refractivity contribution >= 4 is 11.3 Å². The van der Waals surface area contributed by atoms with Crippen molar-refractivity contribution in [3.63, 3.8) is 0 Å². The van der Waals surface area contributed by atoms with Crippen LogP contribution < -0.4 is 5.73 Å². The molecule has 2 aromatic rings. The van der Waals surface area contributed by atoms with Crippen molar-refractivity contribution in [2.75, 3.05) is 0 Å². The Morgan fingerprint density at radius 3 is 2.88 bits per heavy atom. The molecule has 0 saturated carbocycles. The molecular formula is C14H17N2S. The first-order chi connectivity index (χ1) is 8.26. The van der Waals surface area contributed by atoms with E-state index < -0.39 is 0 Å². The van der Waals surface area contributed by atoms with E-state index in [1.807, 2.05) is 5.38 Å². The van der Waals surface area contributed by atoms with Crippen LogP contribution in [-0.2, 0) is 6.54 Å². The second-order valence-electron chi connectivity index (χ2n) is 4.25. The molecule has 0 aliphatic carbocycles. The van der Waals surface area contributed by atoms with E-state index in [-0.39, 0.29) is 0 Å². The highest BCUT2D eigenvalue weighted by atomic mass is 32.1. The first-order valence-electron chi connectivity index (χ1n) is 5.91. The van der Waals surface area contributed by atoms with Crippen molar-refractivity contribution in [2.24, 2.45) is 5.73 Å². The van der Waals surface area contributed by atoms with Crippen LogP contribution in [-0.4, -0.2) is 4.98 Å². The van der Waals surface area contributed by atoms with E-state index in [2.05, 4.69) is 42.5 Å². The third kappa shape index (κ3) is 2.56. The summed E-state index contributed by atoms with van der Waals surface area (Å²) in [7, 11) is 0. The van der Waals surface area contributed by atoms with E-state index in [0.717, 1.165) is 17.7 Å². The summed E-state index contributed by atoms with van der Waals surface area (Å²) in [6.45, 7) is 5.03. The maximum Gasteiger partial charge on any atom is 0.152 e. The van der Waals surface area contributed by atoms with Gasteiger partial charge in [0.25, 0.3) is 0 Å². The molecule has 0 aliphatic rings. The van der Waals surface area contributed by atoms with Gasteiger partial charge in [-0.1, -0.05) is 26.0 Å². The van der Waals surface area contributed by atoms with Crippen LogP contribution in [0.3, 0.4) is 0 Å². The Morgan fingerprint density at radius 2 is 2.29 bits per heavy atom. The van der Waals surface area contributed by atoms with Gasteiger partial charge in [0.1, 0.15) is 0 Å². The normalized spacial score (nSPS) is 12.6. The largest absolute Gasteiger partial charge is 0.326 e. The van der Waals surface area contributed by atoms with E-state index in [0.29, 0.717) is 12.5 Å². The second kappa shape index (κ2) is 5.43. The monoisotopic (exact) mass is 245 g/mol. The molecule has 1 heterocycles. The molecule has 0 bridgehead atoms. The van der Waals surface area contributed by atoms with Crippen LogP contribution in [0.1, 0.15) is 37.3 Å². The molecule has 0 amide bonds. The zero-order chi connectivity index (χ0) is 12.3. The summed E-state index contributed by atoms with van der Waals surface area (Å²) < 4.78 is 0. The summed E-state index contributed by atoms with van der Waals surface area (Å²) in [6, 6.07) is 6.47. The van der Waals surface area contributed by atoms with Gasteiger partial charge in [0.2, 0.25) is 0 Å². The summed E-state index contributed by atoms with van der Waals surface area (Å²) in [5.74, 6) is 0.560. The van der Waals surface area contributed by atoms with Gasteiger partial charge in [-0.05, 0) is 29.5 Å². The maximum atomic E-state index is 5.84. The highest BCUT2D eigenvalue weighted by molar-refractivity contribution is 7.07. The van der Waals surface area contributed by atoms with E-state index in [4.69, 9.17) is 5.73 Å². The van der Waals surface area contributed by atoms with Crippen molar-refractivity contribution in [3.05, 3.63) is 40.2 Å². The van der Waals surface area contributed by atoms with Crippen LogP contribution in [0.25, 0.3) is 11.3 Å². The number of hydrogen-bond donors (Lipinski definition) is 1. The molecule has 1 aromatic carbocycles. The van der Waals surface area contributed by atoms with Gasteiger partial charge >= 0.3 is 0 Å². The van der Waals surface area contributed by atoms with Gasteiger partial charge in [-0.15, -0.1) is 11.3 Å². The second-order valence-corrected chi connectivity index (χ2v) is 4.91. The molecule has 1 atom stereocenters. The van der Waals surface area contributed by atoms with Crippen LogP contribution in [0.2, 0.25) is 0 Å². The van der Waals surface area contributed by atoms with Crippen molar-refractivity contribution in [2.45, 2.75) is 32.7 Å². The lowest BCUT2D eigenvalue weighted by Gasteiger charge is -2.15. The molecule has 3 heteroatoms. The maximum absolute atomic E-state index is 5.84. The van der Waals surface area contributed by atoms with Crippen molar-refractivity contribution in [3.8, 4) is 11.3 Å². The molecule has 0 saturated heterocycles. The first-order valence-corrected chi connectivity index (χ1v) is 6.79. The fraction of sp³-hybridized carbons (Fsp3) is 0.357. The first kappa shape index (κ1) is 12.3. The van der Waals surface area contributed by atoms with E-state index in [9.17, 15) is 0 Å². The smallest absolute Gasteiger partial charge is 0.152 e. The number of thiazole rings is 1.